The van der Waals surface area contributed by atoms with E-state index in [0.717, 1.165) is 12.1 Å². The van der Waals surface area contributed by atoms with Crippen molar-refractivity contribution >= 4 is 12.0 Å². The second-order valence-corrected chi connectivity index (χ2v) is 4.09. The first kappa shape index (κ1) is 8.97. The molecule has 1 aliphatic heterocycles. The van der Waals surface area contributed by atoms with Gasteiger partial charge in [0.15, 0.2) is 6.23 Å². The Hall–Kier alpha value is -1.29. The molecule has 1 aromatic rings. The number of anilines is 1. The maximum Gasteiger partial charge on any atom is 0.192 e. The molecule has 2 aliphatic rings. The zero-order valence-corrected chi connectivity index (χ0v) is 8.84. The molecule has 0 saturated heterocycles. The molecule has 1 atom stereocenters. The van der Waals surface area contributed by atoms with Crippen LogP contribution < -0.4 is 5.32 Å². The summed E-state index contributed by atoms with van der Waals surface area (Å²) in [4.78, 5) is 7.70. The predicted octanol–water partition coefficient (Wildman–Crippen LogP) is 1.99. The monoisotopic (exact) mass is 205 g/mol. The Labute approximate surface area is 88.7 Å². The maximum absolute atomic E-state index is 5.33. The Balaban J connectivity index is 2.08. The smallest absolute Gasteiger partial charge is 0.192 e. The van der Waals surface area contributed by atoms with Crippen molar-refractivity contribution < 1.29 is 4.74 Å². The average Bonchev–Trinajstić information content (AvgIpc) is 2.67. The highest BCUT2D eigenvalue weighted by molar-refractivity contribution is 5.82. The molecule has 0 saturated carbocycles. The lowest BCUT2D eigenvalue weighted by Gasteiger charge is -2.17. The molecule has 0 spiro atoms. The number of H-pyrrole nitrogens is 1. The summed E-state index contributed by atoms with van der Waals surface area (Å²) in [5.41, 5.74) is 5.09. The summed E-state index contributed by atoms with van der Waals surface area (Å²) in [6.45, 7) is 0. The molecule has 0 fully saturated rings. The molecule has 4 nitrogen and oxygen atoms in total. The quantitative estimate of drug-likeness (QED) is 0.736. The van der Waals surface area contributed by atoms with Gasteiger partial charge in [-0.25, -0.2) is 4.99 Å². The summed E-state index contributed by atoms with van der Waals surface area (Å²) in [7, 11) is 1.69. The van der Waals surface area contributed by atoms with Gasteiger partial charge in [0, 0.05) is 12.8 Å². The van der Waals surface area contributed by atoms with E-state index >= 15 is 0 Å². The fraction of sp³-hybridized carbons (Fsp3) is 0.545. The Morgan fingerprint density at radius 1 is 1.40 bits per heavy atom. The van der Waals surface area contributed by atoms with Crippen molar-refractivity contribution in [2.24, 2.45) is 4.99 Å². The van der Waals surface area contributed by atoms with Crippen molar-refractivity contribution in [3.05, 3.63) is 17.0 Å². The number of aryl methyl sites for hydroxylation is 1. The predicted molar refractivity (Wildman–Crippen MR) is 59.3 cm³/mol. The van der Waals surface area contributed by atoms with Crippen LogP contribution in [-0.4, -0.2) is 18.4 Å². The zero-order valence-electron chi connectivity index (χ0n) is 8.84. The Kier molecular flexibility index (Phi) is 2.02. The van der Waals surface area contributed by atoms with Gasteiger partial charge in [-0.3, -0.25) is 0 Å². The number of methoxy groups -OCH3 is 1. The van der Waals surface area contributed by atoms with E-state index in [1.165, 1.54) is 36.2 Å². The highest BCUT2D eigenvalue weighted by Crippen LogP contribution is 2.36. The van der Waals surface area contributed by atoms with Crippen LogP contribution >= 0.6 is 0 Å². The number of hydrogen-bond donors (Lipinski definition) is 2. The van der Waals surface area contributed by atoms with E-state index < -0.39 is 0 Å². The van der Waals surface area contributed by atoms with Gasteiger partial charge < -0.3 is 15.0 Å². The molecule has 0 aromatic carbocycles. The number of rotatable bonds is 1. The standard InChI is InChI=1S/C11H15N3O/c1-15-11-10-9(12-6-13-11)7-4-2-3-5-8(7)14-10/h6,11,14H,2-5H2,1H3,(H,12,13). The lowest BCUT2D eigenvalue weighted by atomic mass is 9.96. The molecule has 1 aromatic heterocycles. The van der Waals surface area contributed by atoms with Gasteiger partial charge in [-0.1, -0.05) is 0 Å². The van der Waals surface area contributed by atoms with Gasteiger partial charge >= 0.3 is 0 Å². The van der Waals surface area contributed by atoms with E-state index in [1.54, 1.807) is 13.4 Å². The van der Waals surface area contributed by atoms with E-state index in [1.807, 2.05) is 0 Å². The first-order valence-corrected chi connectivity index (χ1v) is 5.44. The van der Waals surface area contributed by atoms with Crippen LogP contribution in [0.1, 0.15) is 36.0 Å². The average molecular weight is 205 g/mol. The van der Waals surface area contributed by atoms with E-state index in [4.69, 9.17) is 4.74 Å². The van der Waals surface area contributed by atoms with Gasteiger partial charge in [-0.15, -0.1) is 0 Å². The van der Waals surface area contributed by atoms with Crippen molar-refractivity contribution in [1.29, 1.82) is 0 Å². The van der Waals surface area contributed by atoms with Crippen LogP contribution in [0.25, 0.3) is 0 Å². The van der Waals surface area contributed by atoms with E-state index in [9.17, 15) is 0 Å². The molecular formula is C11H15N3O. The van der Waals surface area contributed by atoms with Gasteiger partial charge in [0.1, 0.15) is 0 Å². The molecule has 80 valence electrons. The number of nitrogens with one attached hydrogen (secondary N) is 2. The summed E-state index contributed by atoms with van der Waals surface area (Å²) in [5, 5.41) is 3.23. The van der Waals surface area contributed by atoms with Crippen LogP contribution in [0, 0.1) is 0 Å². The normalized spacial score (nSPS) is 23.1. The van der Waals surface area contributed by atoms with Crippen LogP contribution in [0.3, 0.4) is 0 Å². The molecule has 0 bridgehead atoms. The molecule has 15 heavy (non-hydrogen) atoms. The third-order valence-corrected chi connectivity index (χ3v) is 3.21. The molecule has 2 heterocycles. The fourth-order valence-corrected chi connectivity index (χ4v) is 2.48. The molecule has 1 unspecified atom stereocenters. The minimum Gasteiger partial charge on any atom is -0.356 e. The first-order chi connectivity index (χ1) is 7.40. The third-order valence-electron chi connectivity index (χ3n) is 3.21. The van der Waals surface area contributed by atoms with Gasteiger partial charge in [0.05, 0.1) is 17.7 Å². The highest BCUT2D eigenvalue weighted by atomic mass is 16.5. The summed E-state index contributed by atoms with van der Waals surface area (Å²) < 4.78 is 5.33. The molecule has 0 amide bonds. The molecule has 4 heteroatoms. The van der Waals surface area contributed by atoms with E-state index in [0.29, 0.717) is 0 Å². The van der Waals surface area contributed by atoms with Gasteiger partial charge in [-0.2, -0.15) is 0 Å². The van der Waals surface area contributed by atoms with Crippen molar-refractivity contribution in [3.63, 3.8) is 0 Å². The van der Waals surface area contributed by atoms with Crippen molar-refractivity contribution in [3.8, 4) is 0 Å². The molecule has 0 radical (unpaired) electrons. The maximum atomic E-state index is 5.33. The lowest BCUT2D eigenvalue weighted by molar-refractivity contribution is 0.108. The minimum absolute atomic E-state index is 0.160. The van der Waals surface area contributed by atoms with Gasteiger partial charge in [0.2, 0.25) is 0 Å². The van der Waals surface area contributed by atoms with Crippen molar-refractivity contribution in [2.75, 3.05) is 12.4 Å². The SMILES string of the molecule is COC1N=CNc2c1[nH]c1c2CCCC1. The summed E-state index contributed by atoms with van der Waals surface area (Å²) >= 11 is 0. The Morgan fingerprint density at radius 3 is 3.13 bits per heavy atom. The molecule has 1 aliphatic carbocycles. The van der Waals surface area contributed by atoms with Crippen molar-refractivity contribution in [1.82, 2.24) is 4.98 Å². The number of fused-ring (bicyclic) bond motifs is 3. The number of aromatic amines is 1. The zero-order chi connectivity index (χ0) is 10.3. The largest absolute Gasteiger partial charge is 0.356 e. The molecular weight excluding hydrogens is 190 g/mol. The number of aliphatic imine (C=N–C) groups is 1. The van der Waals surface area contributed by atoms with Gasteiger partial charge in [0.25, 0.3) is 0 Å². The van der Waals surface area contributed by atoms with E-state index in [2.05, 4.69) is 15.3 Å². The second kappa shape index (κ2) is 3.38. The van der Waals surface area contributed by atoms with Gasteiger partial charge in [-0.05, 0) is 31.2 Å². The first-order valence-electron chi connectivity index (χ1n) is 5.44. The molecule has 3 rings (SSSR count). The minimum atomic E-state index is -0.160. The summed E-state index contributed by atoms with van der Waals surface area (Å²) in [5.74, 6) is 0. The van der Waals surface area contributed by atoms with Crippen LogP contribution in [0.4, 0.5) is 5.69 Å². The Bertz CT molecular complexity index is 408. The van der Waals surface area contributed by atoms with Crippen LogP contribution in [0.15, 0.2) is 4.99 Å². The summed E-state index contributed by atoms with van der Waals surface area (Å²) in [6, 6.07) is 0. The van der Waals surface area contributed by atoms with Crippen LogP contribution in [-0.2, 0) is 17.6 Å². The number of hydrogen-bond acceptors (Lipinski definition) is 3. The van der Waals surface area contributed by atoms with Crippen molar-refractivity contribution in [2.45, 2.75) is 31.9 Å². The van der Waals surface area contributed by atoms with Crippen LogP contribution in [0.5, 0.6) is 0 Å². The topological polar surface area (TPSA) is 49.4 Å². The fourth-order valence-electron chi connectivity index (χ4n) is 2.48. The second-order valence-electron chi connectivity index (χ2n) is 4.09. The third kappa shape index (κ3) is 1.28. The molecule has 2 N–H and O–H groups in total. The highest BCUT2D eigenvalue weighted by Gasteiger charge is 2.26. The Morgan fingerprint density at radius 2 is 2.27 bits per heavy atom. The number of nitrogens with zero attached hydrogens (tertiary/aromatic N) is 1. The van der Waals surface area contributed by atoms with E-state index in [-0.39, 0.29) is 6.23 Å². The van der Waals surface area contributed by atoms with Crippen LogP contribution in [0.2, 0.25) is 0 Å². The lowest BCUT2D eigenvalue weighted by Crippen LogP contribution is -2.11. The number of aromatic nitrogens is 1. The summed E-state index contributed by atoms with van der Waals surface area (Å²) in [6.07, 6.45) is 6.46. The number of ether oxygens (including phenoxy) is 1.